The van der Waals surface area contributed by atoms with E-state index in [0.29, 0.717) is 24.3 Å². The van der Waals surface area contributed by atoms with Gasteiger partial charge in [-0.3, -0.25) is 0 Å². The van der Waals surface area contributed by atoms with Crippen molar-refractivity contribution in [2.45, 2.75) is 31.7 Å². The van der Waals surface area contributed by atoms with Crippen LogP contribution in [0.2, 0.25) is 0 Å². The summed E-state index contributed by atoms with van der Waals surface area (Å²) in [5.74, 6) is -2.04. The smallest absolute Gasteiger partial charge is 0.254 e. The van der Waals surface area contributed by atoms with Gasteiger partial charge in [-0.2, -0.15) is 5.26 Å². The maximum atomic E-state index is 13.0. The minimum Gasteiger partial charge on any atom is -0.353 e. The summed E-state index contributed by atoms with van der Waals surface area (Å²) in [6, 6.07) is 3.81. The summed E-state index contributed by atoms with van der Waals surface area (Å²) in [6.45, 7) is 0.763. The van der Waals surface area contributed by atoms with Crippen LogP contribution in [0, 0.1) is 22.7 Å². The van der Waals surface area contributed by atoms with Gasteiger partial charge >= 0.3 is 0 Å². The average molecular weight is 222 g/mol. The van der Waals surface area contributed by atoms with Crippen LogP contribution >= 0.6 is 0 Å². The molecule has 1 spiro atoms. The SMILES string of the molecule is N#Cc1ccn(CC2CC3(C2)CC3(F)F)c1. The second-order valence-electron chi connectivity index (χ2n) is 5.14. The molecule has 2 saturated carbocycles. The minimum atomic E-state index is -2.39. The van der Waals surface area contributed by atoms with E-state index in [-0.39, 0.29) is 6.42 Å². The average Bonchev–Trinajstić information content (AvgIpc) is 2.60. The van der Waals surface area contributed by atoms with Crippen LogP contribution in [-0.4, -0.2) is 10.5 Å². The molecule has 2 nitrogen and oxygen atoms in total. The van der Waals surface area contributed by atoms with Crippen molar-refractivity contribution in [3.05, 3.63) is 24.0 Å². The molecule has 84 valence electrons. The van der Waals surface area contributed by atoms with Crippen molar-refractivity contribution in [3.8, 4) is 6.07 Å². The monoisotopic (exact) mass is 222 g/mol. The van der Waals surface area contributed by atoms with E-state index in [1.165, 1.54) is 0 Å². The van der Waals surface area contributed by atoms with Crippen LogP contribution < -0.4 is 0 Å². The lowest BCUT2D eigenvalue weighted by Gasteiger charge is -2.36. The van der Waals surface area contributed by atoms with Gasteiger partial charge in [0.1, 0.15) is 6.07 Å². The third-order valence-electron chi connectivity index (χ3n) is 3.92. The summed E-state index contributed by atoms with van der Waals surface area (Å²) in [5, 5.41) is 8.66. The first-order valence-electron chi connectivity index (χ1n) is 5.48. The molecule has 0 saturated heterocycles. The van der Waals surface area contributed by atoms with Gasteiger partial charge in [0.25, 0.3) is 5.92 Å². The van der Waals surface area contributed by atoms with Crippen LogP contribution in [0.3, 0.4) is 0 Å². The molecule has 4 heteroatoms. The number of nitriles is 1. The predicted molar refractivity (Wildman–Crippen MR) is 53.9 cm³/mol. The standard InChI is InChI=1S/C12H12F2N2/c13-12(14)8-11(12)3-10(4-11)7-16-2-1-9(5-15)6-16/h1-2,6,10H,3-4,7-8H2. The van der Waals surface area contributed by atoms with E-state index in [2.05, 4.69) is 6.07 Å². The number of aromatic nitrogens is 1. The molecule has 1 aromatic heterocycles. The first-order chi connectivity index (χ1) is 7.55. The van der Waals surface area contributed by atoms with E-state index in [9.17, 15) is 8.78 Å². The Morgan fingerprint density at radius 1 is 1.50 bits per heavy atom. The van der Waals surface area contributed by atoms with E-state index in [1.54, 1.807) is 12.3 Å². The van der Waals surface area contributed by atoms with Gasteiger partial charge < -0.3 is 4.57 Å². The maximum Gasteiger partial charge on any atom is 0.254 e. The van der Waals surface area contributed by atoms with E-state index >= 15 is 0 Å². The highest BCUT2D eigenvalue weighted by Gasteiger charge is 2.75. The van der Waals surface area contributed by atoms with E-state index in [1.807, 2.05) is 10.8 Å². The van der Waals surface area contributed by atoms with Crippen LogP contribution in [0.5, 0.6) is 0 Å². The Kier molecular flexibility index (Phi) is 1.75. The molecule has 0 aliphatic heterocycles. The van der Waals surface area contributed by atoms with Crippen molar-refractivity contribution < 1.29 is 8.78 Å². The Morgan fingerprint density at radius 2 is 2.19 bits per heavy atom. The third-order valence-corrected chi connectivity index (χ3v) is 3.92. The Bertz CT molecular complexity index is 464. The number of rotatable bonds is 2. The van der Waals surface area contributed by atoms with Gasteiger partial charge in [0.2, 0.25) is 0 Å². The fourth-order valence-corrected chi connectivity index (χ4v) is 2.92. The van der Waals surface area contributed by atoms with Crippen molar-refractivity contribution in [3.63, 3.8) is 0 Å². The summed E-state index contributed by atoms with van der Waals surface area (Å²) in [6.07, 6.45) is 4.98. The van der Waals surface area contributed by atoms with E-state index < -0.39 is 11.3 Å². The topological polar surface area (TPSA) is 28.7 Å². The number of hydrogen-bond acceptors (Lipinski definition) is 1. The van der Waals surface area contributed by atoms with Gasteiger partial charge in [-0.25, -0.2) is 8.78 Å². The Morgan fingerprint density at radius 3 is 2.69 bits per heavy atom. The zero-order valence-corrected chi connectivity index (χ0v) is 8.79. The highest BCUT2D eigenvalue weighted by atomic mass is 19.3. The van der Waals surface area contributed by atoms with Gasteiger partial charge in [0.15, 0.2) is 0 Å². The quantitative estimate of drug-likeness (QED) is 0.756. The molecule has 3 rings (SSSR count). The zero-order valence-electron chi connectivity index (χ0n) is 8.79. The molecular weight excluding hydrogens is 210 g/mol. The Labute approximate surface area is 92.5 Å². The highest BCUT2D eigenvalue weighted by molar-refractivity contribution is 5.25. The summed E-state index contributed by atoms with van der Waals surface area (Å²) < 4.78 is 27.8. The lowest BCUT2D eigenvalue weighted by molar-refractivity contribution is -0.00261. The molecular formula is C12H12F2N2. The molecule has 0 radical (unpaired) electrons. The number of halogens is 2. The third kappa shape index (κ3) is 1.27. The van der Waals surface area contributed by atoms with Gasteiger partial charge in [-0.15, -0.1) is 0 Å². The molecule has 0 bridgehead atoms. The Balaban J connectivity index is 1.57. The lowest BCUT2D eigenvalue weighted by atomic mass is 9.71. The van der Waals surface area contributed by atoms with E-state index in [0.717, 1.165) is 6.54 Å². The molecule has 2 aliphatic carbocycles. The van der Waals surface area contributed by atoms with Crippen LogP contribution in [0.1, 0.15) is 24.8 Å². The van der Waals surface area contributed by atoms with Crippen LogP contribution in [0.4, 0.5) is 8.78 Å². The fourth-order valence-electron chi connectivity index (χ4n) is 2.92. The second-order valence-corrected chi connectivity index (χ2v) is 5.14. The molecule has 0 amide bonds. The first kappa shape index (κ1) is 9.83. The van der Waals surface area contributed by atoms with Crippen molar-refractivity contribution >= 4 is 0 Å². The Hall–Kier alpha value is -1.37. The molecule has 0 aromatic carbocycles. The van der Waals surface area contributed by atoms with E-state index in [4.69, 9.17) is 5.26 Å². The van der Waals surface area contributed by atoms with Crippen molar-refractivity contribution in [2.24, 2.45) is 11.3 Å². The summed E-state index contributed by atoms with van der Waals surface area (Å²) in [7, 11) is 0. The highest BCUT2D eigenvalue weighted by Crippen LogP contribution is 2.72. The molecule has 0 N–H and O–H groups in total. The number of hydrogen-bond donors (Lipinski definition) is 0. The fraction of sp³-hybridized carbons (Fsp3) is 0.583. The van der Waals surface area contributed by atoms with Crippen molar-refractivity contribution in [2.75, 3.05) is 0 Å². The molecule has 2 fully saturated rings. The number of nitrogens with zero attached hydrogens (tertiary/aromatic N) is 2. The first-order valence-corrected chi connectivity index (χ1v) is 5.48. The van der Waals surface area contributed by atoms with Crippen molar-refractivity contribution in [1.82, 2.24) is 4.57 Å². The summed E-state index contributed by atoms with van der Waals surface area (Å²) in [4.78, 5) is 0. The molecule has 1 heterocycles. The summed E-state index contributed by atoms with van der Waals surface area (Å²) in [5.41, 5.74) is -0.00567. The largest absolute Gasteiger partial charge is 0.353 e. The molecule has 16 heavy (non-hydrogen) atoms. The van der Waals surface area contributed by atoms with Gasteiger partial charge in [0.05, 0.1) is 5.56 Å². The lowest BCUT2D eigenvalue weighted by Crippen LogP contribution is -2.32. The van der Waals surface area contributed by atoms with Crippen molar-refractivity contribution in [1.29, 1.82) is 5.26 Å². The van der Waals surface area contributed by atoms with Crippen LogP contribution in [-0.2, 0) is 6.54 Å². The molecule has 0 unspecified atom stereocenters. The maximum absolute atomic E-state index is 13.0. The summed E-state index contributed by atoms with van der Waals surface area (Å²) >= 11 is 0. The van der Waals surface area contributed by atoms with Gasteiger partial charge in [0, 0.05) is 30.8 Å². The second kappa shape index (κ2) is 2.85. The van der Waals surface area contributed by atoms with Gasteiger partial charge in [-0.1, -0.05) is 0 Å². The normalized spacial score (nSPS) is 34.4. The molecule has 2 aliphatic rings. The number of alkyl halides is 2. The minimum absolute atomic E-state index is 0.0889. The van der Waals surface area contributed by atoms with Crippen LogP contribution in [0.15, 0.2) is 18.5 Å². The molecule has 1 aromatic rings. The van der Waals surface area contributed by atoms with Crippen LogP contribution in [0.25, 0.3) is 0 Å². The zero-order chi connectivity index (χ0) is 11.4. The van der Waals surface area contributed by atoms with Gasteiger partial charge in [-0.05, 0) is 24.8 Å². The molecule has 0 atom stereocenters. The predicted octanol–water partition coefficient (Wildman–Crippen LogP) is 2.80.